The highest BCUT2D eigenvalue weighted by molar-refractivity contribution is 6.07. The second-order valence-electron chi connectivity index (χ2n) is 8.64. The first kappa shape index (κ1) is 22.4. The Bertz CT molecular complexity index is 1350. The van der Waals surface area contributed by atoms with Crippen LogP contribution in [0.4, 0.5) is 5.69 Å². The van der Waals surface area contributed by atoms with E-state index in [1.807, 2.05) is 44.2 Å². The second-order valence-corrected chi connectivity index (χ2v) is 8.64. The van der Waals surface area contributed by atoms with Gasteiger partial charge in [0.1, 0.15) is 12.0 Å². The monoisotopic (exact) mass is 467 g/mol. The molecular formula is C26H25N7O2. The predicted octanol–water partition coefficient (Wildman–Crippen LogP) is 3.37. The van der Waals surface area contributed by atoms with E-state index < -0.39 is 0 Å². The van der Waals surface area contributed by atoms with E-state index in [-0.39, 0.29) is 23.8 Å². The highest BCUT2D eigenvalue weighted by Crippen LogP contribution is 2.40. The molecule has 1 atom stereocenters. The van der Waals surface area contributed by atoms with Crippen LogP contribution in [0.25, 0.3) is 0 Å². The summed E-state index contributed by atoms with van der Waals surface area (Å²) in [6.07, 6.45) is 4.99. The Morgan fingerprint density at radius 3 is 2.51 bits per heavy atom. The maximum atomic E-state index is 13.3. The summed E-state index contributed by atoms with van der Waals surface area (Å²) in [5.41, 5.74) is 3.20. The van der Waals surface area contributed by atoms with Gasteiger partial charge in [-0.15, -0.1) is 0 Å². The molecule has 4 heterocycles. The fraction of sp³-hybridized carbons (Fsp3) is 0.231. The number of carbonyl (C=O) groups excluding carboxylic acids is 2. The predicted molar refractivity (Wildman–Crippen MR) is 130 cm³/mol. The first-order valence-electron chi connectivity index (χ1n) is 11.5. The Hall–Kier alpha value is -4.40. The molecule has 35 heavy (non-hydrogen) atoms. The van der Waals surface area contributed by atoms with Gasteiger partial charge >= 0.3 is 0 Å². The number of pyridine rings is 2. The summed E-state index contributed by atoms with van der Waals surface area (Å²) in [7, 11) is 0. The average Bonchev–Trinajstić information content (AvgIpc) is 3.53. The van der Waals surface area contributed by atoms with Crippen LogP contribution >= 0.6 is 0 Å². The molecule has 0 aliphatic carbocycles. The van der Waals surface area contributed by atoms with Gasteiger partial charge in [0.05, 0.1) is 18.2 Å². The number of nitrogens with one attached hydrogen (secondary N) is 1. The molecule has 2 amide bonds. The lowest BCUT2D eigenvalue weighted by atomic mass is 9.98. The van der Waals surface area contributed by atoms with Crippen LogP contribution in [0, 0.1) is 0 Å². The van der Waals surface area contributed by atoms with Crippen molar-refractivity contribution in [3.05, 3.63) is 102 Å². The second kappa shape index (κ2) is 9.46. The van der Waals surface area contributed by atoms with Crippen molar-refractivity contribution in [1.82, 2.24) is 30.0 Å². The van der Waals surface area contributed by atoms with E-state index in [4.69, 9.17) is 0 Å². The Labute approximate surface area is 202 Å². The molecule has 0 fully saturated rings. The van der Waals surface area contributed by atoms with E-state index in [0.29, 0.717) is 30.2 Å². The third-order valence-electron chi connectivity index (χ3n) is 5.97. The van der Waals surface area contributed by atoms with E-state index in [9.17, 15) is 9.59 Å². The number of carbonyl (C=O) groups is 2. The fourth-order valence-corrected chi connectivity index (χ4v) is 4.11. The highest BCUT2D eigenvalue weighted by atomic mass is 16.2. The molecule has 0 saturated carbocycles. The standard InChI is InChI=1S/C26H25N7O2/c1-17(2)33-16-30-24(31-33)21-15-32(26(35)22-8-4-6-12-28-22)23-10-9-18(13-20(21)23)25(34)29-14-19-7-3-5-11-27-19/h3-13,16-17,21H,14-15H2,1-2H3,(H,29,34)/t21-/m1/s1. The summed E-state index contributed by atoms with van der Waals surface area (Å²) in [6, 6.07) is 16.4. The van der Waals surface area contributed by atoms with Gasteiger partial charge < -0.3 is 10.2 Å². The molecule has 1 aliphatic heterocycles. The third kappa shape index (κ3) is 4.52. The summed E-state index contributed by atoms with van der Waals surface area (Å²) >= 11 is 0. The molecule has 5 rings (SSSR count). The van der Waals surface area contributed by atoms with Gasteiger partial charge in [0.2, 0.25) is 0 Å². The minimum atomic E-state index is -0.263. The van der Waals surface area contributed by atoms with E-state index in [0.717, 1.165) is 16.9 Å². The fourth-order valence-electron chi connectivity index (χ4n) is 4.11. The molecule has 9 nitrogen and oxygen atoms in total. The van der Waals surface area contributed by atoms with Crippen molar-refractivity contribution in [3.8, 4) is 0 Å². The molecule has 176 valence electrons. The van der Waals surface area contributed by atoms with Gasteiger partial charge in [0, 0.05) is 36.2 Å². The Balaban J connectivity index is 1.47. The molecule has 4 aromatic rings. The molecule has 9 heteroatoms. The van der Waals surface area contributed by atoms with Crippen LogP contribution in [0.1, 0.15) is 63.7 Å². The molecule has 1 aliphatic rings. The van der Waals surface area contributed by atoms with E-state index in [1.54, 1.807) is 52.6 Å². The number of rotatable bonds is 6. The quantitative estimate of drug-likeness (QED) is 0.466. The van der Waals surface area contributed by atoms with E-state index in [2.05, 4.69) is 25.4 Å². The van der Waals surface area contributed by atoms with Gasteiger partial charge in [0.15, 0.2) is 5.82 Å². The zero-order valence-corrected chi connectivity index (χ0v) is 19.5. The lowest BCUT2D eigenvalue weighted by Crippen LogP contribution is -2.30. The first-order valence-corrected chi connectivity index (χ1v) is 11.5. The lowest BCUT2D eigenvalue weighted by Gasteiger charge is -2.17. The molecular weight excluding hydrogens is 442 g/mol. The Kier molecular flexibility index (Phi) is 6.05. The number of benzene rings is 1. The Morgan fingerprint density at radius 2 is 1.83 bits per heavy atom. The number of hydrogen-bond donors (Lipinski definition) is 1. The number of hydrogen-bond acceptors (Lipinski definition) is 6. The van der Waals surface area contributed by atoms with Crippen molar-refractivity contribution >= 4 is 17.5 Å². The van der Waals surface area contributed by atoms with E-state index >= 15 is 0 Å². The number of anilines is 1. The number of fused-ring (bicyclic) bond motifs is 1. The van der Waals surface area contributed by atoms with Crippen molar-refractivity contribution in [2.75, 3.05) is 11.4 Å². The van der Waals surface area contributed by atoms with Crippen LogP contribution in [-0.2, 0) is 6.54 Å². The summed E-state index contributed by atoms with van der Waals surface area (Å²) in [4.78, 5) is 40.9. The minimum absolute atomic E-state index is 0.159. The maximum absolute atomic E-state index is 13.3. The molecule has 0 saturated heterocycles. The summed E-state index contributed by atoms with van der Waals surface area (Å²) < 4.78 is 1.79. The largest absolute Gasteiger partial charge is 0.346 e. The van der Waals surface area contributed by atoms with Gasteiger partial charge in [-0.3, -0.25) is 24.2 Å². The van der Waals surface area contributed by atoms with E-state index in [1.165, 1.54) is 0 Å². The van der Waals surface area contributed by atoms with Gasteiger partial charge in [-0.1, -0.05) is 12.1 Å². The van der Waals surface area contributed by atoms with Crippen LogP contribution in [-0.4, -0.2) is 43.1 Å². The SMILES string of the molecule is CC(C)n1cnc([C@@H]2CN(C(=O)c3ccccn3)c3ccc(C(=O)NCc4ccccn4)cc32)n1. The summed E-state index contributed by atoms with van der Waals surface area (Å²) in [5, 5.41) is 7.56. The van der Waals surface area contributed by atoms with Crippen molar-refractivity contribution < 1.29 is 9.59 Å². The minimum Gasteiger partial charge on any atom is -0.346 e. The van der Waals surface area contributed by atoms with Crippen molar-refractivity contribution in [1.29, 1.82) is 0 Å². The number of amides is 2. The molecule has 0 unspecified atom stereocenters. The Morgan fingerprint density at radius 1 is 1.03 bits per heavy atom. The van der Waals surface area contributed by atoms with Crippen LogP contribution < -0.4 is 10.2 Å². The van der Waals surface area contributed by atoms with Gasteiger partial charge in [-0.05, 0) is 61.9 Å². The number of aromatic nitrogens is 5. The molecule has 0 spiro atoms. The van der Waals surface area contributed by atoms with Gasteiger partial charge in [0.25, 0.3) is 11.8 Å². The summed E-state index contributed by atoms with van der Waals surface area (Å²) in [6.45, 7) is 4.75. The zero-order chi connectivity index (χ0) is 24.4. The average molecular weight is 468 g/mol. The van der Waals surface area contributed by atoms with Crippen molar-refractivity contribution in [2.24, 2.45) is 0 Å². The first-order chi connectivity index (χ1) is 17.0. The highest BCUT2D eigenvalue weighted by Gasteiger charge is 2.37. The van der Waals surface area contributed by atoms with Crippen LogP contribution in [0.15, 0.2) is 73.3 Å². The lowest BCUT2D eigenvalue weighted by molar-refractivity contribution is 0.0949. The smallest absolute Gasteiger partial charge is 0.276 e. The zero-order valence-electron chi connectivity index (χ0n) is 19.5. The third-order valence-corrected chi connectivity index (χ3v) is 5.97. The van der Waals surface area contributed by atoms with Crippen LogP contribution in [0.5, 0.6) is 0 Å². The van der Waals surface area contributed by atoms with Gasteiger partial charge in [-0.2, -0.15) is 5.10 Å². The number of nitrogens with zero attached hydrogens (tertiary/aromatic N) is 6. The van der Waals surface area contributed by atoms with Crippen molar-refractivity contribution in [2.45, 2.75) is 32.4 Å². The van der Waals surface area contributed by atoms with Crippen LogP contribution in [0.3, 0.4) is 0 Å². The topological polar surface area (TPSA) is 106 Å². The normalized spacial score (nSPS) is 14.7. The van der Waals surface area contributed by atoms with Gasteiger partial charge in [-0.25, -0.2) is 4.98 Å². The molecule has 1 aromatic carbocycles. The van der Waals surface area contributed by atoms with Crippen LogP contribution in [0.2, 0.25) is 0 Å². The summed E-state index contributed by atoms with van der Waals surface area (Å²) in [5.74, 6) is -0.0686. The molecule has 0 bridgehead atoms. The molecule has 3 aromatic heterocycles. The maximum Gasteiger partial charge on any atom is 0.276 e. The molecule has 0 radical (unpaired) electrons. The van der Waals surface area contributed by atoms with Crippen molar-refractivity contribution in [3.63, 3.8) is 0 Å². The molecule has 1 N–H and O–H groups in total.